The van der Waals surface area contributed by atoms with Gasteiger partial charge in [0, 0.05) is 11.8 Å². The average Bonchev–Trinajstić information content (AvgIpc) is 2.71. The highest BCUT2D eigenvalue weighted by Crippen LogP contribution is 2.43. The third-order valence-corrected chi connectivity index (χ3v) is 4.81. The van der Waals surface area contributed by atoms with Crippen molar-refractivity contribution in [2.24, 2.45) is 0 Å². The molecule has 0 N–H and O–H groups in total. The highest BCUT2D eigenvalue weighted by atomic mass is 16.5. The van der Waals surface area contributed by atoms with Crippen molar-refractivity contribution in [2.75, 3.05) is 6.61 Å². The van der Waals surface area contributed by atoms with Crippen LogP contribution in [0.4, 0.5) is 0 Å². The first kappa shape index (κ1) is 17.9. The number of rotatable bonds is 7. The Kier molecular flexibility index (Phi) is 5.85. The van der Waals surface area contributed by atoms with Crippen molar-refractivity contribution in [3.05, 3.63) is 108 Å². The Morgan fingerprint density at radius 2 is 1.12 bits per heavy atom. The zero-order valence-electron chi connectivity index (χ0n) is 15.1. The fourth-order valence-electron chi connectivity index (χ4n) is 3.62. The number of hydrogen-bond acceptors (Lipinski definition) is 2. The lowest BCUT2D eigenvalue weighted by Crippen LogP contribution is -2.30. The highest BCUT2D eigenvalue weighted by molar-refractivity contribution is 5.70. The van der Waals surface area contributed by atoms with Gasteiger partial charge in [-0.05, 0) is 30.0 Å². The Hall–Kier alpha value is -2.87. The predicted octanol–water partition coefficient (Wildman–Crippen LogP) is 5.36. The number of carbonyl (C=O) groups excluding carboxylic acids is 1. The molecule has 2 heteroatoms. The number of carbonyl (C=O) groups is 1. The van der Waals surface area contributed by atoms with Gasteiger partial charge in [-0.2, -0.15) is 0 Å². The third-order valence-electron chi connectivity index (χ3n) is 4.81. The first-order valence-electron chi connectivity index (χ1n) is 9.09. The minimum absolute atomic E-state index is 0.153. The molecule has 0 aliphatic carbocycles. The van der Waals surface area contributed by atoms with Crippen LogP contribution in [0.2, 0.25) is 0 Å². The summed E-state index contributed by atoms with van der Waals surface area (Å²) in [6, 6.07) is 31.3. The summed E-state index contributed by atoms with van der Waals surface area (Å²) in [5.74, 6) is -0.153. The predicted molar refractivity (Wildman–Crippen MR) is 105 cm³/mol. The quantitative estimate of drug-likeness (QED) is 0.426. The van der Waals surface area contributed by atoms with Crippen LogP contribution < -0.4 is 0 Å². The van der Waals surface area contributed by atoms with E-state index in [9.17, 15) is 4.79 Å². The minimum Gasteiger partial charge on any atom is -0.466 e. The molecule has 2 nitrogen and oxygen atoms in total. The van der Waals surface area contributed by atoms with E-state index < -0.39 is 5.41 Å². The molecule has 3 rings (SSSR count). The molecule has 0 saturated carbocycles. The van der Waals surface area contributed by atoms with Crippen LogP contribution in [-0.2, 0) is 14.9 Å². The lowest BCUT2D eigenvalue weighted by atomic mass is 9.67. The summed E-state index contributed by atoms with van der Waals surface area (Å²) >= 11 is 0. The molecule has 0 amide bonds. The second-order valence-electron chi connectivity index (χ2n) is 6.31. The highest BCUT2D eigenvalue weighted by Gasteiger charge is 2.36. The van der Waals surface area contributed by atoms with Crippen molar-refractivity contribution in [1.82, 2.24) is 0 Å². The average molecular weight is 344 g/mol. The van der Waals surface area contributed by atoms with Crippen molar-refractivity contribution in [3.63, 3.8) is 0 Å². The van der Waals surface area contributed by atoms with Gasteiger partial charge in [-0.1, -0.05) is 91.0 Å². The molecule has 0 aromatic heterocycles. The molecule has 3 aromatic carbocycles. The lowest BCUT2D eigenvalue weighted by Gasteiger charge is -2.36. The molecule has 0 unspecified atom stereocenters. The maximum atomic E-state index is 12.2. The van der Waals surface area contributed by atoms with E-state index in [0.717, 1.165) is 0 Å². The summed E-state index contributed by atoms with van der Waals surface area (Å²) in [6.07, 6.45) is 1.02. The van der Waals surface area contributed by atoms with Crippen LogP contribution in [0.25, 0.3) is 0 Å². The molecule has 0 bridgehead atoms. The molecule has 3 aromatic rings. The van der Waals surface area contributed by atoms with Gasteiger partial charge in [-0.25, -0.2) is 0 Å². The summed E-state index contributed by atoms with van der Waals surface area (Å²) in [5.41, 5.74) is 3.15. The van der Waals surface area contributed by atoms with E-state index in [1.54, 1.807) is 0 Å². The van der Waals surface area contributed by atoms with Crippen LogP contribution in [0.5, 0.6) is 0 Å². The normalized spacial score (nSPS) is 11.1. The third kappa shape index (κ3) is 3.70. The van der Waals surface area contributed by atoms with E-state index in [1.165, 1.54) is 16.7 Å². The van der Waals surface area contributed by atoms with Gasteiger partial charge in [0.15, 0.2) is 0 Å². The summed E-state index contributed by atoms with van der Waals surface area (Å²) in [6.45, 7) is 2.25. The first-order chi connectivity index (χ1) is 12.8. The van der Waals surface area contributed by atoms with E-state index in [1.807, 2.05) is 25.1 Å². The summed E-state index contributed by atoms with van der Waals surface area (Å²) < 4.78 is 5.21. The van der Waals surface area contributed by atoms with E-state index in [0.29, 0.717) is 19.4 Å². The fourth-order valence-corrected chi connectivity index (χ4v) is 3.62. The SMILES string of the molecule is CCOC(=O)CCC(c1ccccc1)(c1ccccc1)c1ccccc1. The van der Waals surface area contributed by atoms with Crippen molar-refractivity contribution >= 4 is 5.97 Å². The van der Waals surface area contributed by atoms with E-state index in [-0.39, 0.29) is 5.97 Å². The first-order valence-corrected chi connectivity index (χ1v) is 9.09. The van der Waals surface area contributed by atoms with Crippen LogP contribution in [0.15, 0.2) is 91.0 Å². The topological polar surface area (TPSA) is 26.3 Å². The summed E-state index contributed by atoms with van der Waals surface area (Å²) in [7, 11) is 0. The van der Waals surface area contributed by atoms with Crippen LogP contribution in [0.3, 0.4) is 0 Å². The molecule has 26 heavy (non-hydrogen) atoms. The zero-order valence-corrected chi connectivity index (χ0v) is 15.1. The summed E-state index contributed by atoms with van der Waals surface area (Å²) in [5, 5.41) is 0. The molecule has 0 aliphatic rings. The Morgan fingerprint density at radius 3 is 1.46 bits per heavy atom. The largest absolute Gasteiger partial charge is 0.466 e. The molecule has 0 atom stereocenters. The van der Waals surface area contributed by atoms with Crippen LogP contribution in [0, 0.1) is 0 Å². The Bertz CT molecular complexity index is 714. The van der Waals surface area contributed by atoms with Crippen molar-refractivity contribution in [2.45, 2.75) is 25.2 Å². The molecule has 0 saturated heterocycles. The van der Waals surface area contributed by atoms with Gasteiger partial charge in [-0.3, -0.25) is 4.79 Å². The lowest BCUT2D eigenvalue weighted by molar-refractivity contribution is -0.143. The molecule has 0 spiro atoms. The van der Waals surface area contributed by atoms with Crippen LogP contribution in [-0.4, -0.2) is 12.6 Å². The van der Waals surface area contributed by atoms with Gasteiger partial charge >= 0.3 is 5.97 Å². The molecular formula is C24H24O2. The Balaban J connectivity index is 2.16. The van der Waals surface area contributed by atoms with E-state index in [4.69, 9.17) is 4.74 Å². The second kappa shape index (κ2) is 8.48. The monoisotopic (exact) mass is 344 g/mol. The van der Waals surface area contributed by atoms with Crippen LogP contribution in [0.1, 0.15) is 36.5 Å². The number of ether oxygens (including phenoxy) is 1. The maximum Gasteiger partial charge on any atom is 0.305 e. The van der Waals surface area contributed by atoms with Gasteiger partial charge in [0.05, 0.1) is 6.61 Å². The summed E-state index contributed by atoms with van der Waals surface area (Å²) in [4.78, 5) is 12.2. The number of esters is 1. The Labute approximate surface area is 155 Å². The van der Waals surface area contributed by atoms with Crippen LogP contribution >= 0.6 is 0 Å². The van der Waals surface area contributed by atoms with Gasteiger partial charge in [0.25, 0.3) is 0 Å². The fraction of sp³-hybridized carbons (Fsp3) is 0.208. The van der Waals surface area contributed by atoms with Crippen molar-refractivity contribution < 1.29 is 9.53 Å². The van der Waals surface area contributed by atoms with Gasteiger partial charge < -0.3 is 4.74 Å². The molecule has 0 aliphatic heterocycles. The zero-order chi connectivity index (χ0) is 18.2. The molecule has 0 fully saturated rings. The molecule has 0 heterocycles. The molecular weight excluding hydrogens is 320 g/mol. The van der Waals surface area contributed by atoms with Gasteiger partial charge in [-0.15, -0.1) is 0 Å². The molecule has 132 valence electrons. The standard InChI is InChI=1S/C24H24O2/c1-2-26-23(25)18-19-24(20-12-6-3-7-13-20,21-14-8-4-9-15-21)22-16-10-5-11-17-22/h3-17H,2,18-19H2,1H3. The second-order valence-corrected chi connectivity index (χ2v) is 6.31. The van der Waals surface area contributed by atoms with E-state index >= 15 is 0 Å². The van der Waals surface area contributed by atoms with E-state index in [2.05, 4.69) is 72.8 Å². The van der Waals surface area contributed by atoms with Gasteiger partial charge in [0.2, 0.25) is 0 Å². The smallest absolute Gasteiger partial charge is 0.305 e. The Morgan fingerprint density at radius 1 is 0.731 bits per heavy atom. The van der Waals surface area contributed by atoms with Crippen molar-refractivity contribution in [1.29, 1.82) is 0 Å². The minimum atomic E-state index is -0.392. The van der Waals surface area contributed by atoms with Gasteiger partial charge in [0.1, 0.15) is 0 Å². The number of hydrogen-bond donors (Lipinski definition) is 0. The molecule has 0 radical (unpaired) electrons. The number of benzene rings is 3. The van der Waals surface area contributed by atoms with Crippen molar-refractivity contribution in [3.8, 4) is 0 Å². The maximum absolute atomic E-state index is 12.2.